The van der Waals surface area contributed by atoms with Gasteiger partial charge in [0, 0.05) is 30.0 Å². The number of nitriles is 1. The Hall–Kier alpha value is -0.890. The van der Waals surface area contributed by atoms with Gasteiger partial charge in [-0.15, -0.1) is 11.3 Å². The van der Waals surface area contributed by atoms with Crippen molar-refractivity contribution in [1.82, 2.24) is 5.32 Å². The minimum Gasteiger partial charge on any atom is -0.383 e. The molecular weight excluding hydrogens is 220 g/mol. The van der Waals surface area contributed by atoms with E-state index in [1.54, 1.807) is 18.4 Å². The van der Waals surface area contributed by atoms with Crippen LogP contribution in [0.2, 0.25) is 0 Å². The first kappa shape index (κ1) is 13.2. The Morgan fingerprint density at radius 3 is 3.00 bits per heavy atom. The normalized spacial score (nSPS) is 12.3. The van der Waals surface area contributed by atoms with Crippen molar-refractivity contribution < 1.29 is 4.74 Å². The molecule has 0 aliphatic rings. The molecule has 0 aromatic carbocycles. The van der Waals surface area contributed by atoms with E-state index in [-0.39, 0.29) is 0 Å². The van der Waals surface area contributed by atoms with Gasteiger partial charge >= 0.3 is 0 Å². The molecule has 1 unspecified atom stereocenters. The van der Waals surface area contributed by atoms with E-state index >= 15 is 0 Å². The van der Waals surface area contributed by atoms with Crippen molar-refractivity contribution in [1.29, 1.82) is 5.26 Å². The van der Waals surface area contributed by atoms with Crippen LogP contribution in [0.25, 0.3) is 0 Å². The number of methoxy groups -OCH3 is 1. The Bertz CT molecular complexity index is 337. The lowest BCUT2D eigenvalue weighted by molar-refractivity contribution is 0.161. The van der Waals surface area contributed by atoms with E-state index in [9.17, 15) is 0 Å². The summed E-state index contributed by atoms with van der Waals surface area (Å²) in [5.41, 5.74) is 0.751. The van der Waals surface area contributed by atoms with Gasteiger partial charge in [0.2, 0.25) is 0 Å². The molecule has 0 bridgehead atoms. The van der Waals surface area contributed by atoms with Crippen LogP contribution in [0.5, 0.6) is 0 Å². The van der Waals surface area contributed by atoms with Crippen LogP contribution in [-0.2, 0) is 11.3 Å². The fourth-order valence-corrected chi connectivity index (χ4v) is 2.33. The number of nitrogens with zero attached hydrogens (tertiary/aromatic N) is 1. The maximum atomic E-state index is 8.71. The number of rotatable bonds is 7. The van der Waals surface area contributed by atoms with Gasteiger partial charge in [-0.3, -0.25) is 0 Å². The number of ether oxygens (including phenoxy) is 1. The van der Waals surface area contributed by atoms with Crippen molar-refractivity contribution in [2.45, 2.75) is 32.4 Å². The quantitative estimate of drug-likeness (QED) is 0.794. The number of thiophene rings is 1. The Morgan fingerprint density at radius 2 is 2.44 bits per heavy atom. The summed E-state index contributed by atoms with van der Waals surface area (Å²) in [6.07, 6.45) is 2.26. The van der Waals surface area contributed by atoms with E-state index in [0.717, 1.165) is 31.6 Å². The predicted molar refractivity (Wildman–Crippen MR) is 66.4 cm³/mol. The first-order chi connectivity index (χ1) is 7.80. The SMILES string of the molecule is CCCC(COC)NCc1cc(C#N)cs1. The predicted octanol–water partition coefficient (Wildman–Crippen LogP) is 2.52. The Kier molecular flexibility index (Phi) is 6.09. The largest absolute Gasteiger partial charge is 0.383 e. The monoisotopic (exact) mass is 238 g/mol. The second kappa shape index (κ2) is 7.39. The number of hydrogen-bond acceptors (Lipinski definition) is 4. The molecule has 16 heavy (non-hydrogen) atoms. The fraction of sp³-hybridized carbons (Fsp3) is 0.583. The summed E-state index contributed by atoms with van der Waals surface area (Å²) in [5, 5.41) is 14.1. The second-order valence-electron chi connectivity index (χ2n) is 3.74. The lowest BCUT2D eigenvalue weighted by Crippen LogP contribution is -2.32. The van der Waals surface area contributed by atoms with Crippen molar-refractivity contribution in [3.63, 3.8) is 0 Å². The van der Waals surface area contributed by atoms with Crippen molar-refractivity contribution in [3.05, 3.63) is 21.9 Å². The minimum atomic E-state index is 0.405. The van der Waals surface area contributed by atoms with Gasteiger partial charge in [0.15, 0.2) is 0 Å². The highest BCUT2D eigenvalue weighted by Gasteiger charge is 2.07. The average molecular weight is 238 g/mol. The average Bonchev–Trinajstić information content (AvgIpc) is 2.74. The minimum absolute atomic E-state index is 0.405. The smallest absolute Gasteiger partial charge is 0.100 e. The summed E-state index contributed by atoms with van der Waals surface area (Å²) in [7, 11) is 1.73. The molecule has 3 nitrogen and oxygen atoms in total. The molecule has 0 amide bonds. The van der Waals surface area contributed by atoms with E-state index in [1.807, 2.05) is 11.4 Å². The molecule has 1 rings (SSSR count). The summed E-state index contributed by atoms with van der Waals surface area (Å²) < 4.78 is 5.16. The van der Waals surface area contributed by atoms with Crippen molar-refractivity contribution in [2.24, 2.45) is 0 Å². The van der Waals surface area contributed by atoms with E-state index < -0.39 is 0 Å². The summed E-state index contributed by atoms with van der Waals surface area (Å²) >= 11 is 1.63. The van der Waals surface area contributed by atoms with Gasteiger partial charge in [-0.1, -0.05) is 13.3 Å². The zero-order chi connectivity index (χ0) is 11.8. The molecule has 1 heterocycles. The van der Waals surface area contributed by atoms with Gasteiger partial charge < -0.3 is 10.1 Å². The van der Waals surface area contributed by atoms with Crippen LogP contribution in [-0.4, -0.2) is 19.8 Å². The second-order valence-corrected chi connectivity index (χ2v) is 4.73. The zero-order valence-electron chi connectivity index (χ0n) is 9.82. The van der Waals surface area contributed by atoms with Gasteiger partial charge in [0.1, 0.15) is 6.07 Å². The van der Waals surface area contributed by atoms with Crippen molar-refractivity contribution in [3.8, 4) is 6.07 Å². The summed E-state index contributed by atoms with van der Waals surface area (Å²) in [5.74, 6) is 0. The Labute approximate surface area is 101 Å². The molecular formula is C12H18N2OS. The van der Waals surface area contributed by atoms with Gasteiger partial charge in [-0.2, -0.15) is 5.26 Å². The lowest BCUT2D eigenvalue weighted by atomic mass is 10.2. The van der Waals surface area contributed by atoms with Crippen LogP contribution >= 0.6 is 11.3 Å². The van der Waals surface area contributed by atoms with E-state index in [1.165, 1.54) is 4.88 Å². The molecule has 0 radical (unpaired) electrons. The van der Waals surface area contributed by atoms with Crippen LogP contribution in [0, 0.1) is 11.3 Å². The molecule has 0 spiro atoms. The summed E-state index contributed by atoms with van der Waals surface area (Å²) in [4.78, 5) is 1.20. The van der Waals surface area contributed by atoms with Crippen molar-refractivity contribution in [2.75, 3.05) is 13.7 Å². The molecule has 0 saturated carbocycles. The fourth-order valence-electron chi connectivity index (χ4n) is 1.57. The maximum Gasteiger partial charge on any atom is 0.100 e. The highest BCUT2D eigenvalue weighted by Crippen LogP contribution is 2.13. The van der Waals surface area contributed by atoms with E-state index in [4.69, 9.17) is 10.00 Å². The van der Waals surface area contributed by atoms with E-state index in [0.29, 0.717) is 6.04 Å². The summed E-state index contributed by atoms with van der Waals surface area (Å²) in [6.45, 7) is 3.73. The molecule has 88 valence electrons. The molecule has 4 heteroatoms. The standard InChI is InChI=1S/C12H18N2OS/c1-3-4-11(8-15-2)14-7-12-5-10(6-13)9-16-12/h5,9,11,14H,3-4,7-8H2,1-2H3. The molecule has 0 saturated heterocycles. The number of hydrogen-bond donors (Lipinski definition) is 1. The van der Waals surface area contributed by atoms with Gasteiger partial charge in [0.05, 0.1) is 12.2 Å². The first-order valence-electron chi connectivity index (χ1n) is 5.50. The third-order valence-corrected chi connectivity index (χ3v) is 3.29. The molecule has 1 aromatic rings. The van der Waals surface area contributed by atoms with Crippen LogP contribution in [0.4, 0.5) is 0 Å². The lowest BCUT2D eigenvalue weighted by Gasteiger charge is -2.16. The van der Waals surface area contributed by atoms with Gasteiger partial charge in [-0.05, 0) is 12.5 Å². The molecule has 0 aliphatic carbocycles. The zero-order valence-corrected chi connectivity index (χ0v) is 10.6. The highest BCUT2D eigenvalue weighted by molar-refractivity contribution is 7.10. The topological polar surface area (TPSA) is 45.0 Å². The van der Waals surface area contributed by atoms with Crippen LogP contribution in [0.15, 0.2) is 11.4 Å². The Balaban J connectivity index is 2.39. The van der Waals surface area contributed by atoms with Crippen LogP contribution in [0.3, 0.4) is 0 Å². The third-order valence-electron chi connectivity index (χ3n) is 2.35. The van der Waals surface area contributed by atoms with Gasteiger partial charge in [-0.25, -0.2) is 0 Å². The van der Waals surface area contributed by atoms with E-state index in [2.05, 4.69) is 18.3 Å². The number of nitrogens with one attached hydrogen (secondary N) is 1. The molecule has 0 fully saturated rings. The Morgan fingerprint density at radius 1 is 1.62 bits per heavy atom. The first-order valence-corrected chi connectivity index (χ1v) is 6.38. The maximum absolute atomic E-state index is 8.71. The van der Waals surface area contributed by atoms with Gasteiger partial charge in [0.25, 0.3) is 0 Å². The molecule has 1 N–H and O–H groups in total. The molecule has 1 aromatic heterocycles. The summed E-state index contributed by atoms with van der Waals surface area (Å²) in [6, 6.07) is 4.49. The molecule has 0 aliphatic heterocycles. The third kappa shape index (κ3) is 4.31. The van der Waals surface area contributed by atoms with Crippen LogP contribution < -0.4 is 5.32 Å². The van der Waals surface area contributed by atoms with Crippen LogP contribution in [0.1, 0.15) is 30.2 Å². The highest BCUT2D eigenvalue weighted by atomic mass is 32.1. The molecule has 1 atom stereocenters. The van der Waals surface area contributed by atoms with Crippen molar-refractivity contribution >= 4 is 11.3 Å².